The first-order chi connectivity index (χ1) is 14.9. The molecule has 1 aliphatic heterocycles. The van der Waals surface area contributed by atoms with E-state index < -0.39 is 5.54 Å². The summed E-state index contributed by atoms with van der Waals surface area (Å²) in [4.78, 5) is 19.6. The van der Waals surface area contributed by atoms with Gasteiger partial charge in [0.25, 0.3) is 5.91 Å². The molecule has 0 bridgehead atoms. The fourth-order valence-corrected chi connectivity index (χ4v) is 4.76. The van der Waals surface area contributed by atoms with Crippen molar-refractivity contribution in [3.05, 3.63) is 77.2 Å². The van der Waals surface area contributed by atoms with Crippen molar-refractivity contribution >= 4 is 17.2 Å². The Morgan fingerprint density at radius 2 is 1.77 bits per heavy atom. The zero-order chi connectivity index (χ0) is 21.6. The van der Waals surface area contributed by atoms with Crippen molar-refractivity contribution in [3.8, 4) is 22.1 Å². The van der Waals surface area contributed by atoms with E-state index in [1.165, 1.54) is 24.3 Å². The van der Waals surface area contributed by atoms with Crippen LogP contribution in [0.3, 0.4) is 0 Å². The van der Waals surface area contributed by atoms with Crippen LogP contribution in [-0.4, -0.2) is 37.1 Å². The number of amides is 1. The van der Waals surface area contributed by atoms with E-state index in [1.807, 2.05) is 54.1 Å². The topological polar surface area (TPSA) is 63.9 Å². The minimum atomic E-state index is -0.673. The molecular weight excluding hydrogens is 413 g/mol. The van der Waals surface area contributed by atoms with Crippen molar-refractivity contribution in [3.63, 3.8) is 0 Å². The summed E-state index contributed by atoms with van der Waals surface area (Å²) in [6.07, 6.45) is 0. The molecule has 31 heavy (non-hydrogen) atoms. The highest BCUT2D eigenvalue weighted by Gasteiger charge is 2.41. The first kappa shape index (κ1) is 19.6. The number of aromatic nitrogens is 4. The normalized spacial score (nSPS) is 15.0. The average molecular weight is 434 g/mol. The molecule has 0 N–H and O–H groups in total. The zero-order valence-electron chi connectivity index (χ0n) is 17.1. The Bertz CT molecular complexity index is 1250. The minimum Gasteiger partial charge on any atom is -0.324 e. The Hall–Kier alpha value is -3.39. The van der Waals surface area contributed by atoms with Gasteiger partial charge in [-0.1, -0.05) is 30.3 Å². The summed E-state index contributed by atoms with van der Waals surface area (Å²) in [6, 6.07) is 15.7. The number of hydrogen-bond acceptors (Lipinski definition) is 5. The maximum absolute atomic E-state index is 13.3. The fourth-order valence-electron chi connectivity index (χ4n) is 3.95. The van der Waals surface area contributed by atoms with E-state index in [0.717, 1.165) is 16.3 Å². The highest BCUT2D eigenvalue weighted by atomic mass is 32.1. The third-order valence-corrected chi connectivity index (χ3v) is 6.50. The van der Waals surface area contributed by atoms with Crippen LogP contribution in [0.2, 0.25) is 0 Å². The van der Waals surface area contributed by atoms with Gasteiger partial charge in [0.1, 0.15) is 16.5 Å². The zero-order valence-corrected chi connectivity index (χ0v) is 17.9. The monoisotopic (exact) mass is 433 g/mol. The molecule has 2 aromatic carbocycles. The molecule has 5 rings (SSSR count). The molecule has 0 unspecified atom stereocenters. The summed E-state index contributed by atoms with van der Waals surface area (Å²) >= 11 is 1.57. The molecule has 2 aromatic heterocycles. The highest BCUT2D eigenvalue weighted by molar-refractivity contribution is 7.13. The molecule has 8 heteroatoms. The van der Waals surface area contributed by atoms with Crippen LogP contribution in [0.5, 0.6) is 0 Å². The number of carbonyl (C=O) groups is 1. The summed E-state index contributed by atoms with van der Waals surface area (Å²) in [5, 5.41) is 11.8. The Labute approximate surface area is 183 Å². The van der Waals surface area contributed by atoms with Gasteiger partial charge in [0.05, 0.1) is 5.54 Å². The first-order valence-corrected chi connectivity index (χ1v) is 10.9. The number of halogens is 1. The lowest BCUT2D eigenvalue weighted by Crippen LogP contribution is -2.52. The van der Waals surface area contributed by atoms with Crippen LogP contribution in [0.1, 0.15) is 30.0 Å². The lowest BCUT2D eigenvalue weighted by molar-refractivity contribution is 0.0433. The minimum absolute atomic E-state index is 0.152. The quantitative estimate of drug-likeness (QED) is 0.474. The molecule has 0 spiro atoms. The standard InChI is InChI=1S/C23H20FN5OS/c1-23(2)22-27-26-19(18-14-31-20(25-18)15-6-4-3-5-7-15)28(22)12-13-29(23)21(30)16-8-10-17(24)11-9-16/h3-11,14H,12-13H2,1-2H3. The number of fused-ring (bicyclic) bond motifs is 1. The van der Waals surface area contributed by atoms with Gasteiger partial charge in [-0.05, 0) is 38.1 Å². The summed E-state index contributed by atoms with van der Waals surface area (Å²) in [5.74, 6) is 0.895. The van der Waals surface area contributed by atoms with Gasteiger partial charge in [0, 0.05) is 29.6 Å². The van der Waals surface area contributed by atoms with Crippen LogP contribution in [0.15, 0.2) is 60.0 Å². The molecular formula is C23H20FN5OS. The highest BCUT2D eigenvalue weighted by Crippen LogP contribution is 2.35. The smallest absolute Gasteiger partial charge is 0.254 e. The Balaban J connectivity index is 1.47. The Morgan fingerprint density at radius 3 is 2.52 bits per heavy atom. The fraction of sp³-hybridized carbons (Fsp3) is 0.217. The van der Waals surface area contributed by atoms with Crippen molar-refractivity contribution in [2.45, 2.75) is 25.9 Å². The Morgan fingerprint density at radius 1 is 1.03 bits per heavy atom. The molecule has 4 aromatic rings. The van der Waals surface area contributed by atoms with E-state index in [2.05, 4.69) is 10.2 Å². The van der Waals surface area contributed by atoms with E-state index in [4.69, 9.17) is 4.98 Å². The summed E-state index contributed by atoms with van der Waals surface area (Å²) < 4.78 is 15.3. The number of carbonyl (C=O) groups excluding carboxylic acids is 1. The summed E-state index contributed by atoms with van der Waals surface area (Å²) in [6.45, 7) is 4.96. The molecule has 1 aliphatic rings. The van der Waals surface area contributed by atoms with Crippen LogP contribution < -0.4 is 0 Å². The predicted octanol–water partition coefficient (Wildman–Crippen LogP) is 4.60. The van der Waals surface area contributed by atoms with Gasteiger partial charge in [-0.2, -0.15) is 0 Å². The number of benzene rings is 2. The number of nitrogens with zero attached hydrogens (tertiary/aromatic N) is 5. The van der Waals surface area contributed by atoms with Gasteiger partial charge in [-0.15, -0.1) is 21.5 Å². The van der Waals surface area contributed by atoms with E-state index >= 15 is 0 Å². The van der Waals surface area contributed by atoms with Crippen molar-refractivity contribution in [2.24, 2.45) is 0 Å². The number of rotatable bonds is 3. The third-order valence-electron chi connectivity index (χ3n) is 5.61. The average Bonchev–Trinajstić information content (AvgIpc) is 3.42. The van der Waals surface area contributed by atoms with Crippen LogP contribution in [0.4, 0.5) is 4.39 Å². The largest absolute Gasteiger partial charge is 0.324 e. The SMILES string of the molecule is CC1(C)c2nnc(-c3csc(-c4ccccc4)n3)n2CCN1C(=O)c1ccc(F)cc1. The second-order valence-electron chi connectivity index (χ2n) is 7.93. The van der Waals surface area contributed by atoms with Gasteiger partial charge in [0.15, 0.2) is 11.6 Å². The molecule has 0 radical (unpaired) electrons. The van der Waals surface area contributed by atoms with E-state index in [9.17, 15) is 9.18 Å². The third kappa shape index (κ3) is 3.33. The molecule has 0 saturated carbocycles. The molecule has 6 nitrogen and oxygen atoms in total. The predicted molar refractivity (Wildman–Crippen MR) is 117 cm³/mol. The molecule has 0 atom stereocenters. The number of thiazole rings is 1. The van der Waals surface area contributed by atoms with Gasteiger partial charge in [-0.25, -0.2) is 9.37 Å². The lowest BCUT2D eigenvalue weighted by Gasteiger charge is -2.41. The molecule has 0 aliphatic carbocycles. The van der Waals surface area contributed by atoms with Crippen LogP contribution in [-0.2, 0) is 12.1 Å². The second kappa shape index (κ2) is 7.39. The summed E-state index contributed by atoms with van der Waals surface area (Å²) in [5.41, 5.74) is 1.62. The second-order valence-corrected chi connectivity index (χ2v) is 8.78. The molecule has 156 valence electrons. The van der Waals surface area contributed by atoms with Crippen molar-refractivity contribution in [1.82, 2.24) is 24.6 Å². The molecule has 3 heterocycles. The number of hydrogen-bond donors (Lipinski definition) is 0. The van der Waals surface area contributed by atoms with Crippen LogP contribution >= 0.6 is 11.3 Å². The van der Waals surface area contributed by atoms with E-state index in [1.54, 1.807) is 16.2 Å². The van der Waals surface area contributed by atoms with Gasteiger partial charge in [0.2, 0.25) is 0 Å². The van der Waals surface area contributed by atoms with Crippen molar-refractivity contribution in [2.75, 3.05) is 6.54 Å². The van der Waals surface area contributed by atoms with E-state index in [0.29, 0.717) is 30.3 Å². The Kier molecular flexibility index (Phi) is 4.66. The molecule has 0 saturated heterocycles. The first-order valence-electron chi connectivity index (χ1n) is 9.97. The summed E-state index contributed by atoms with van der Waals surface area (Å²) in [7, 11) is 0. The van der Waals surface area contributed by atoms with Gasteiger partial charge < -0.3 is 9.47 Å². The van der Waals surface area contributed by atoms with Crippen molar-refractivity contribution < 1.29 is 9.18 Å². The molecule has 1 amide bonds. The van der Waals surface area contributed by atoms with Gasteiger partial charge >= 0.3 is 0 Å². The van der Waals surface area contributed by atoms with Crippen LogP contribution in [0, 0.1) is 5.82 Å². The molecule has 0 fully saturated rings. The van der Waals surface area contributed by atoms with Gasteiger partial charge in [-0.3, -0.25) is 4.79 Å². The maximum Gasteiger partial charge on any atom is 0.254 e. The maximum atomic E-state index is 13.3. The lowest BCUT2D eigenvalue weighted by atomic mass is 9.97. The van der Waals surface area contributed by atoms with Crippen molar-refractivity contribution in [1.29, 1.82) is 0 Å². The van der Waals surface area contributed by atoms with E-state index in [-0.39, 0.29) is 11.7 Å². The van der Waals surface area contributed by atoms with Crippen LogP contribution in [0.25, 0.3) is 22.1 Å².